The van der Waals surface area contributed by atoms with E-state index < -0.39 is 0 Å². The van der Waals surface area contributed by atoms with Gasteiger partial charge < -0.3 is 8.94 Å². The molecular formula is C19H22N4O2. The maximum atomic E-state index is 6.00. The minimum Gasteiger partial charge on any atom is -0.440 e. The maximum Gasteiger partial charge on any atom is 0.243 e. The fourth-order valence-corrected chi connectivity index (χ4v) is 3.70. The van der Waals surface area contributed by atoms with Gasteiger partial charge in [-0.2, -0.15) is 4.98 Å². The highest BCUT2D eigenvalue weighted by Crippen LogP contribution is 2.39. The van der Waals surface area contributed by atoms with Crippen LogP contribution < -0.4 is 0 Å². The van der Waals surface area contributed by atoms with Crippen LogP contribution in [-0.2, 0) is 0 Å². The zero-order valence-electron chi connectivity index (χ0n) is 14.4. The average Bonchev–Trinajstić information content (AvgIpc) is 3.22. The molecule has 0 radical (unpaired) electrons. The minimum atomic E-state index is 0.132. The van der Waals surface area contributed by atoms with Crippen molar-refractivity contribution in [3.63, 3.8) is 0 Å². The Morgan fingerprint density at radius 2 is 2.00 bits per heavy atom. The van der Waals surface area contributed by atoms with Gasteiger partial charge in [-0.05, 0) is 51.3 Å². The summed E-state index contributed by atoms with van der Waals surface area (Å²) in [6.07, 6.45) is 4.61. The number of aromatic nitrogens is 3. The topological polar surface area (TPSA) is 68.2 Å². The molecule has 2 aromatic heterocycles. The number of oxazole rings is 1. The zero-order valence-corrected chi connectivity index (χ0v) is 14.4. The van der Waals surface area contributed by atoms with Crippen LogP contribution in [0.25, 0.3) is 11.1 Å². The summed E-state index contributed by atoms with van der Waals surface area (Å²) < 4.78 is 11.5. The molecule has 0 spiro atoms. The number of benzene rings is 1. The molecule has 1 aromatic carbocycles. The summed E-state index contributed by atoms with van der Waals surface area (Å²) in [6.45, 7) is 4.10. The second-order valence-electron chi connectivity index (χ2n) is 7.29. The molecule has 25 heavy (non-hydrogen) atoms. The van der Waals surface area contributed by atoms with Gasteiger partial charge in [-0.15, -0.1) is 0 Å². The first-order valence-corrected chi connectivity index (χ1v) is 9.21. The van der Waals surface area contributed by atoms with Gasteiger partial charge in [0.05, 0.1) is 6.04 Å². The molecule has 6 heteroatoms. The van der Waals surface area contributed by atoms with E-state index in [9.17, 15) is 0 Å². The highest BCUT2D eigenvalue weighted by atomic mass is 16.5. The largest absolute Gasteiger partial charge is 0.440 e. The van der Waals surface area contributed by atoms with E-state index in [0.717, 1.165) is 54.6 Å². The van der Waals surface area contributed by atoms with Crippen molar-refractivity contribution >= 4 is 11.1 Å². The molecule has 3 aromatic rings. The predicted octanol–water partition coefficient (Wildman–Crippen LogP) is 4.03. The Labute approximate surface area is 146 Å². The third-order valence-corrected chi connectivity index (χ3v) is 5.42. The van der Waals surface area contributed by atoms with Crippen LogP contribution in [0.2, 0.25) is 0 Å². The van der Waals surface area contributed by atoms with Gasteiger partial charge in [0.2, 0.25) is 5.89 Å². The molecule has 5 rings (SSSR count). The van der Waals surface area contributed by atoms with E-state index in [0.29, 0.717) is 11.8 Å². The Balaban J connectivity index is 1.34. The molecule has 1 saturated heterocycles. The van der Waals surface area contributed by atoms with Crippen molar-refractivity contribution in [2.24, 2.45) is 0 Å². The van der Waals surface area contributed by atoms with Crippen LogP contribution >= 0.6 is 0 Å². The van der Waals surface area contributed by atoms with Crippen LogP contribution in [0.1, 0.15) is 68.1 Å². The molecule has 6 nitrogen and oxygen atoms in total. The van der Waals surface area contributed by atoms with Crippen LogP contribution in [0, 0.1) is 0 Å². The normalized spacial score (nSPS) is 23.2. The second kappa shape index (κ2) is 5.95. The number of nitrogens with zero attached hydrogens (tertiary/aromatic N) is 4. The van der Waals surface area contributed by atoms with E-state index in [4.69, 9.17) is 13.9 Å². The summed E-state index contributed by atoms with van der Waals surface area (Å²) in [7, 11) is 0. The minimum absolute atomic E-state index is 0.132. The Bertz CT molecular complexity index is 849. The van der Waals surface area contributed by atoms with Gasteiger partial charge in [0, 0.05) is 18.4 Å². The van der Waals surface area contributed by atoms with Crippen molar-refractivity contribution < 1.29 is 8.94 Å². The summed E-state index contributed by atoms with van der Waals surface area (Å²) in [6, 6.07) is 8.10. The van der Waals surface area contributed by atoms with Crippen LogP contribution in [-0.4, -0.2) is 33.1 Å². The number of fused-ring (bicyclic) bond motifs is 1. The zero-order chi connectivity index (χ0) is 16.8. The van der Waals surface area contributed by atoms with Crippen molar-refractivity contribution in [3.05, 3.63) is 41.9 Å². The van der Waals surface area contributed by atoms with E-state index in [-0.39, 0.29) is 6.04 Å². The van der Waals surface area contributed by atoms with Gasteiger partial charge in [-0.1, -0.05) is 17.3 Å². The summed E-state index contributed by atoms with van der Waals surface area (Å²) in [5.41, 5.74) is 1.81. The van der Waals surface area contributed by atoms with Crippen LogP contribution in [0.4, 0.5) is 0 Å². The van der Waals surface area contributed by atoms with Crippen molar-refractivity contribution in [2.75, 3.05) is 13.1 Å². The number of hydrogen-bond acceptors (Lipinski definition) is 6. The molecule has 0 N–H and O–H groups in total. The molecule has 130 valence electrons. The molecule has 2 aliphatic rings. The molecule has 0 amide bonds. The number of hydrogen-bond donors (Lipinski definition) is 0. The predicted molar refractivity (Wildman–Crippen MR) is 92.2 cm³/mol. The third-order valence-electron chi connectivity index (χ3n) is 5.42. The van der Waals surface area contributed by atoms with Gasteiger partial charge in [-0.3, -0.25) is 4.90 Å². The third kappa shape index (κ3) is 2.84. The SMILES string of the molecule is C[C@@H](c1nc(C2CC2)no1)N1CCC[C@@H](c2nc3ccccc3o2)C1. The summed E-state index contributed by atoms with van der Waals surface area (Å²) in [4.78, 5) is 11.7. The van der Waals surface area contributed by atoms with Gasteiger partial charge in [-0.25, -0.2) is 4.98 Å². The molecule has 1 saturated carbocycles. The fraction of sp³-hybridized carbons (Fsp3) is 0.526. The standard InChI is InChI=1S/C19H22N4O2/c1-12(18-21-17(22-25-18)13-8-9-13)23-10-4-5-14(11-23)19-20-15-6-2-3-7-16(15)24-19/h2-3,6-7,12-14H,4-5,8-11H2,1H3/t12-,14+/m0/s1. The van der Waals surface area contributed by atoms with Crippen molar-refractivity contribution in [3.8, 4) is 0 Å². The number of para-hydroxylation sites is 2. The van der Waals surface area contributed by atoms with Crippen molar-refractivity contribution in [2.45, 2.75) is 50.5 Å². The molecule has 3 heterocycles. The number of likely N-dealkylation sites (tertiary alicyclic amines) is 1. The second-order valence-corrected chi connectivity index (χ2v) is 7.29. The first-order valence-electron chi connectivity index (χ1n) is 9.21. The lowest BCUT2D eigenvalue weighted by Gasteiger charge is -2.34. The lowest BCUT2D eigenvalue weighted by atomic mass is 9.97. The molecule has 0 unspecified atom stereocenters. The van der Waals surface area contributed by atoms with Crippen molar-refractivity contribution in [1.29, 1.82) is 0 Å². The van der Waals surface area contributed by atoms with Crippen LogP contribution in [0.3, 0.4) is 0 Å². The quantitative estimate of drug-likeness (QED) is 0.715. The van der Waals surface area contributed by atoms with E-state index in [1.54, 1.807) is 0 Å². The van der Waals surface area contributed by atoms with E-state index in [1.165, 1.54) is 12.8 Å². The summed E-state index contributed by atoms with van der Waals surface area (Å²) >= 11 is 0. The first kappa shape index (κ1) is 15.1. The van der Waals surface area contributed by atoms with Gasteiger partial charge in [0.25, 0.3) is 0 Å². The molecule has 2 atom stereocenters. The molecular weight excluding hydrogens is 316 g/mol. The lowest BCUT2D eigenvalue weighted by Crippen LogP contribution is -2.36. The Morgan fingerprint density at radius 1 is 1.12 bits per heavy atom. The Hall–Kier alpha value is -2.21. The van der Waals surface area contributed by atoms with Gasteiger partial charge in [0.1, 0.15) is 5.52 Å². The Kier molecular flexibility index (Phi) is 3.59. The summed E-state index contributed by atoms with van der Waals surface area (Å²) in [5, 5.41) is 4.16. The van der Waals surface area contributed by atoms with Gasteiger partial charge >= 0.3 is 0 Å². The Morgan fingerprint density at radius 3 is 2.84 bits per heavy atom. The number of piperidine rings is 1. The first-order chi connectivity index (χ1) is 12.3. The van der Waals surface area contributed by atoms with Crippen LogP contribution in [0.15, 0.2) is 33.2 Å². The highest BCUT2D eigenvalue weighted by Gasteiger charge is 2.33. The van der Waals surface area contributed by atoms with Gasteiger partial charge in [0.15, 0.2) is 17.3 Å². The summed E-state index contributed by atoms with van der Waals surface area (Å²) in [5.74, 6) is 3.31. The average molecular weight is 338 g/mol. The number of rotatable bonds is 4. The monoisotopic (exact) mass is 338 g/mol. The fourth-order valence-electron chi connectivity index (χ4n) is 3.70. The van der Waals surface area contributed by atoms with E-state index in [2.05, 4.69) is 22.0 Å². The van der Waals surface area contributed by atoms with Crippen molar-refractivity contribution in [1.82, 2.24) is 20.0 Å². The van der Waals surface area contributed by atoms with Crippen LogP contribution in [0.5, 0.6) is 0 Å². The maximum absolute atomic E-state index is 6.00. The lowest BCUT2D eigenvalue weighted by molar-refractivity contribution is 0.126. The molecule has 0 bridgehead atoms. The molecule has 2 fully saturated rings. The van der Waals surface area contributed by atoms with E-state index >= 15 is 0 Å². The highest BCUT2D eigenvalue weighted by molar-refractivity contribution is 5.72. The van der Waals surface area contributed by atoms with E-state index in [1.807, 2.05) is 24.3 Å². The smallest absolute Gasteiger partial charge is 0.243 e. The molecule has 1 aliphatic carbocycles. The molecule has 1 aliphatic heterocycles.